The van der Waals surface area contributed by atoms with Crippen molar-refractivity contribution in [3.63, 3.8) is 0 Å². The van der Waals surface area contributed by atoms with Crippen LogP contribution >= 0.6 is 0 Å². The van der Waals surface area contributed by atoms with Crippen LogP contribution in [0.4, 0.5) is 8.78 Å². The van der Waals surface area contributed by atoms with E-state index in [1.54, 1.807) is 6.07 Å². The lowest BCUT2D eigenvalue weighted by atomic mass is 9.77. The predicted octanol–water partition coefficient (Wildman–Crippen LogP) is 3.00. The fraction of sp³-hybridized carbons (Fsp3) is 0.600. The number of hydrogen-bond donors (Lipinski definition) is 2. The molecule has 1 aromatic rings. The Kier molecular flexibility index (Phi) is 4.53. The van der Waals surface area contributed by atoms with Gasteiger partial charge in [-0.2, -0.15) is 0 Å². The molecule has 0 aliphatic heterocycles. The van der Waals surface area contributed by atoms with E-state index in [4.69, 9.17) is 0 Å². The molecule has 0 aromatic heterocycles. The third-order valence-corrected chi connectivity index (χ3v) is 4.08. The highest BCUT2D eigenvalue weighted by Crippen LogP contribution is 2.32. The summed E-state index contributed by atoms with van der Waals surface area (Å²) < 4.78 is 26.7. The number of rotatable bonds is 4. The second-order valence-electron chi connectivity index (χ2n) is 5.71. The van der Waals surface area contributed by atoms with Gasteiger partial charge in [-0.25, -0.2) is 8.78 Å². The average Bonchev–Trinajstić information content (AvgIpc) is 2.40. The van der Waals surface area contributed by atoms with E-state index in [2.05, 4.69) is 12.2 Å². The molecule has 0 heterocycles. The van der Waals surface area contributed by atoms with Crippen molar-refractivity contribution < 1.29 is 13.9 Å². The zero-order valence-corrected chi connectivity index (χ0v) is 11.3. The number of hydrogen-bond acceptors (Lipinski definition) is 2. The smallest absolute Gasteiger partial charge is 0.163 e. The Morgan fingerprint density at radius 1 is 1.42 bits per heavy atom. The molecule has 2 atom stereocenters. The normalized spacial score (nSPS) is 27.5. The van der Waals surface area contributed by atoms with Gasteiger partial charge in [0.05, 0.1) is 6.61 Å². The van der Waals surface area contributed by atoms with Gasteiger partial charge in [-0.3, -0.25) is 0 Å². The first kappa shape index (κ1) is 14.4. The summed E-state index contributed by atoms with van der Waals surface area (Å²) in [5.74, 6) is -1.08. The number of aliphatic hydroxyl groups is 1. The molecule has 2 unspecified atom stereocenters. The molecule has 2 nitrogen and oxygen atoms in total. The monoisotopic (exact) mass is 269 g/mol. The van der Waals surface area contributed by atoms with Crippen molar-refractivity contribution >= 4 is 0 Å². The first-order valence-corrected chi connectivity index (χ1v) is 6.85. The van der Waals surface area contributed by atoms with Crippen molar-refractivity contribution in [1.29, 1.82) is 0 Å². The molecule has 4 heteroatoms. The van der Waals surface area contributed by atoms with Gasteiger partial charge in [0.1, 0.15) is 0 Å². The average molecular weight is 269 g/mol. The van der Waals surface area contributed by atoms with E-state index in [1.165, 1.54) is 6.07 Å². The van der Waals surface area contributed by atoms with Crippen LogP contribution in [0.5, 0.6) is 0 Å². The predicted molar refractivity (Wildman–Crippen MR) is 70.6 cm³/mol. The molecule has 1 aromatic carbocycles. The van der Waals surface area contributed by atoms with Crippen LogP contribution in [0.25, 0.3) is 0 Å². The Labute approximate surface area is 112 Å². The highest BCUT2D eigenvalue weighted by molar-refractivity contribution is 5.19. The number of nitrogens with one attached hydrogen (secondary N) is 1. The molecule has 2 N–H and O–H groups in total. The lowest BCUT2D eigenvalue weighted by Crippen LogP contribution is -2.51. The molecule has 0 bridgehead atoms. The summed E-state index contributed by atoms with van der Waals surface area (Å²) in [6.07, 6.45) is 3.98. The van der Waals surface area contributed by atoms with E-state index in [0.29, 0.717) is 11.5 Å². The third-order valence-electron chi connectivity index (χ3n) is 4.08. The van der Waals surface area contributed by atoms with E-state index in [0.717, 1.165) is 31.7 Å². The van der Waals surface area contributed by atoms with Gasteiger partial charge in [0, 0.05) is 17.6 Å². The zero-order chi connectivity index (χ0) is 13.9. The Morgan fingerprint density at radius 2 is 2.21 bits per heavy atom. The van der Waals surface area contributed by atoms with Gasteiger partial charge in [-0.1, -0.05) is 31.9 Å². The fourth-order valence-corrected chi connectivity index (χ4v) is 2.99. The Balaban J connectivity index is 2.05. The maximum absolute atomic E-state index is 13.6. The molecule has 106 valence electrons. The second kappa shape index (κ2) is 5.97. The molecular formula is C15H21F2NO. The van der Waals surface area contributed by atoms with Crippen molar-refractivity contribution in [3.05, 3.63) is 35.4 Å². The molecule has 0 radical (unpaired) electrons. The number of aliphatic hydroxyl groups excluding tert-OH is 1. The lowest BCUT2D eigenvalue weighted by Gasteiger charge is -2.39. The first-order valence-electron chi connectivity index (χ1n) is 6.85. The molecule has 19 heavy (non-hydrogen) atoms. The van der Waals surface area contributed by atoms with Gasteiger partial charge in [-0.15, -0.1) is 0 Å². The maximum Gasteiger partial charge on any atom is 0.163 e. The van der Waals surface area contributed by atoms with Crippen LogP contribution in [0.2, 0.25) is 0 Å². The maximum atomic E-state index is 13.6. The summed E-state index contributed by atoms with van der Waals surface area (Å²) in [5, 5.41) is 12.9. The van der Waals surface area contributed by atoms with Crippen LogP contribution in [0, 0.1) is 17.6 Å². The topological polar surface area (TPSA) is 32.3 Å². The van der Waals surface area contributed by atoms with E-state index >= 15 is 0 Å². The molecule has 0 saturated heterocycles. The van der Waals surface area contributed by atoms with Crippen LogP contribution in [0.3, 0.4) is 0 Å². The van der Waals surface area contributed by atoms with Crippen LogP contribution in [0.1, 0.15) is 38.2 Å². The van der Waals surface area contributed by atoms with Crippen molar-refractivity contribution in [1.82, 2.24) is 5.32 Å². The van der Waals surface area contributed by atoms with E-state index in [9.17, 15) is 13.9 Å². The van der Waals surface area contributed by atoms with Crippen LogP contribution < -0.4 is 5.32 Å². The van der Waals surface area contributed by atoms with Crippen molar-refractivity contribution in [2.75, 3.05) is 6.61 Å². The number of halogens is 2. The lowest BCUT2D eigenvalue weighted by molar-refractivity contribution is 0.0979. The second-order valence-corrected chi connectivity index (χ2v) is 5.71. The van der Waals surface area contributed by atoms with Gasteiger partial charge in [-0.05, 0) is 24.8 Å². The van der Waals surface area contributed by atoms with Gasteiger partial charge >= 0.3 is 0 Å². The zero-order valence-electron chi connectivity index (χ0n) is 11.3. The molecule has 1 fully saturated rings. The van der Waals surface area contributed by atoms with E-state index < -0.39 is 11.6 Å². The first-order chi connectivity index (χ1) is 9.06. The SMILES string of the molecule is CC1CCCC(CO)(NCc2cccc(F)c2F)C1. The van der Waals surface area contributed by atoms with Gasteiger partial charge in [0.15, 0.2) is 11.6 Å². The Morgan fingerprint density at radius 3 is 2.89 bits per heavy atom. The van der Waals surface area contributed by atoms with Crippen molar-refractivity contribution in [3.8, 4) is 0 Å². The summed E-state index contributed by atoms with van der Waals surface area (Å²) >= 11 is 0. The third kappa shape index (κ3) is 3.31. The summed E-state index contributed by atoms with van der Waals surface area (Å²) in [6, 6.07) is 4.19. The Hall–Kier alpha value is -1.00. The van der Waals surface area contributed by atoms with Gasteiger partial charge < -0.3 is 10.4 Å². The van der Waals surface area contributed by atoms with Gasteiger partial charge in [0.2, 0.25) is 0 Å². The molecule has 1 saturated carbocycles. The Bertz CT molecular complexity index is 438. The van der Waals surface area contributed by atoms with Crippen LogP contribution in [0.15, 0.2) is 18.2 Å². The molecule has 1 aliphatic carbocycles. The van der Waals surface area contributed by atoms with E-state index in [-0.39, 0.29) is 18.7 Å². The quantitative estimate of drug-likeness (QED) is 0.880. The highest BCUT2D eigenvalue weighted by atomic mass is 19.2. The molecule has 1 aliphatic rings. The largest absolute Gasteiger partial charge is 0.394 e. The van der Waals surface area contributed by atoms with E-state index in [1.807, 2.05) is 0 Å². The van der Waals surface area contributed by atoms with Gasteiger partial charge in [0.25, 0.3) is 0 Å². The highest BCUT2D eigenvalue weighted by Gasteiger charge is 2.33. The summed E-state index contributed by atoms with van der Waals surface area (Å²) in [6.45, 7) is 2.44. The summed E-state index contributed by atoms with van der Waals surface area (Å²) in [5.41, 5.74) is -0.0396. The molecular weight excluding hydrogens is 248 g/mol. The minimum atomic E-state index is -0.825. The van der Waals surface area contributed by atoms with Crippen LogP contribution in [-0.2, 0) is 6.54 Å². The van der Waals surface area contributed by atoms with Crippen LogP contribution in [-0.4, -0.2) is 17.3 Å². The summed E-state index contributed by atoms with van der Waals surface area (Å²) in [4.78, 5) is 0. The molecule has 0 spiro atoms. The van der Waals surface area contributed by atoms with Crippen molar-refractivity contribution in [2.24, 2.45) is 5.92 Å². The number of benzene rings is 1. The molecule has 2 rings (SSSR count). The standard InChI is InChI=1S/C15H21F2NO/c1-11-4-3-7-15(8-11,10-19)18-9-12-5-2-6-13(16)14(12)17/h2,5-6,11,18-19H,3-4,7-10H2,1H3. The molecule has 0 amide bonds. The minimum Gasteiger partial charge on any atom is -0.394 e. The summed E-state index contributed by atoms with van der Waals surface area (Å²) in [7, 11) is 0. The minimum absolute atomic E-state index is 0.0360. The fourth-order valence-electron chi connectivity index (χ4n) is 2.99. The van der Waals surface area contributed by atoms with Crippen molar-refractivity contribution in [2.45, 2.75) is 44.7 Å².